The lowest BCUT2D eigenvalue weighted by molar-refractivity contribution is -0.141. The fraction of sp³-hybridized carbons (Fsp3) is 0.440. The zero-order chi connectivity index (χ0) is 24.8. The van der Waals surface area contributed by atoms with E-state index in [1.54, 1.807) is 18.2 Å². The predicted molar refractivity (Wildman–Crippen MR) is 132 cm³/mol. The van der Waals surface area contributed by atoms with Crippen LogP contribution in [0.2, 0.25) is 0 Å². The van der Waals surface area contributed by atoms with E-state index in [0.29, 0.717) is 12.1 Å². The number of hydrogen-bond acceptors (Lipinski definition) is 4. The molecular formula is C25H35N3O4S. The predicted octanol–water partition coefficient (Wildman–Crippen LogP) is 3.48. The Hall–Kier alpha value is -2.87. The SMILES string of the molecule is CC[C@@H](C(=O)NC(C)(C)C)N(Cc1ccccc1)C(=O)CN(c1cccc(C)c1)S(C)(=O)=O. The van der Waals surface area contributed by atoms with Crippen molar-refractivity contribution in [2.24, 2.45) is 0 Å². The third-order valence-corrected chi connectivity index (χ3v) is 6.19. The van der Waals surface area contributed by atoms with E-state index in [4.69, 9.17) is 0 Å². The summed E-state index contributed by atoms with van der Waals surface area (Å²) in [6.45, 7) is 9.14. The topological polar surface area (TPSA) is 86.8 Å². The molecule has 2 rings (SSSR count). The Balaban J connectivity index is 2.43. The van der Waals surface area contributed by atoms with Gasteiger partial charge in [-0.2, -0.15) is 0 Å². The number of aryl methyl sites for hydroxylation is 1. The molecule has 0 unspecified atom stereocenters. The Kier molecular flexibility index (Phi) is 8.66. The Morgan fingerprint density at radius 2 is 1.67 bits per heavy atom. The first-order chi connectivity index (χ1) is 15.3. The van der Waals surface area contributed by atoms with Crippen LogP contribution in [0.15, 0.2) is 54.6 Å². The van der Waals surface area contributed by atoms with Gasteiger partial charge in [0.2, 0.25) is 21.8 Å². The largest absolute Gasteiger partial charge is 0.350 e. The van der Waals surface area contributed by atoms with Gasteiger partial charge in [-0.05, 0) is 57.4 Å². The number of benzene rings is 2. The Labute approximate surface area is 197 Å². The summed E-state index contributed by atoms with van der Waals surface area (Å²) in [5, 5.41) is 2.95. The van der Waals surface area contributed by atoms with Gasteiger partial charge in [0, 0.05) is 12.1 Å². The number of nitrogens with zero attached hydrogens (tertiary/aromatic N) is 2. The van der Waals surface area contributed by atoms with Crippen LogP contribution in [0.25, 0.3) is 0 Å². The molecular weight excluding hydrogens is 438 g/mol. The van der Waals surface area contributed by atoms with Crippen molar-refractivity contribution in [3.05, 3.63) is 65.7 Å². The zero-order valence-corrected chi connectivity index (χ0v) is 21.1. The van der Waals surface area contributed by atoms with Crippen molar-refractivity contribution in [1.29, 1.82) is 0 Å². The van der Waals surface area contributed by atoms with Gasteiger partial charge in [0.25, 0.3) is 0 Å². The zero-order valence-electron chi connectivity index (χ0n) is 20.3. The van der Waals surface area contributed by atoms with Gasteiger partial charge < -0.3 is 10.2 Å². The summed E-state index contributed by atoms with van der Waals surface area (Å²) in [6, 6.07) is 15.6. The number of hydrogen-bond donors (Lipinski definition) is 1. The second-order valence-corrected chi connectivity index (χ2v) is 11.2. The summed E-state index contributed by atoms with van der Waals surface area (Å²) < 4.78 is 26.3. The van der Waals surface area contributed by atoms with Gasteiger partial charge in [0.05, 0.1) is 11.9 Å². The van der Waals surface area contributed by atoms with Crippen LogP contribution in [-0.2, 0) is 26.2 Å². The minimum absolute atomic E-state index is 0.196. The molecule has 2 amide bonds. The van der Waals surface area contributed by atoms with Crippen molar-refractivity contribution < 1.29 is 18.0 Å². The van der Waals surface area contributed by atoms with E-state index >= 15 is 0 Å². The molecule has 0 saturated carbocycles. The molecule has 0 radical (unpaired) electrons. The van der Waals surface area contributed by atoms with Crippen molar-refractivity contribution in [3.8, 4) is 0 Å². The summed E-state index contributed by atoms with van der Waals surface area (Å²) in [5.74, 6) is -0.711. The number of amides is 2. The van der Waals surface area contributed by atoms with Gasteiger partial charge in [0.15, 0.2) is 0 Å². The molecule has 0 aliphatic heterocycles. The summed E-state index contributed by atoms with van der Waals surface area (Å²) in [5.41, 5.74) is 1.68. The van der Waals surface area contributed by atoms with Crippen LogP contribution in [0.4, 0.5) is 5.69 Å². The number of nitrogens with one attached hydrogen (secondary N) is 1. The molecule has 1 atom stereocenters. The fourth-order valence-corrected chi connectivity index (χ4v) is 4.39. The number of carbonyl (C=O) groups excluding carboxylic acids is 2. The monoisotopic (exact) mass is 473 g/mol. The fourth-order valence-electron chi connectivity index (χ4n) is 3.55. The number of sulfonamides is 1. The second-order valence-electron chi connectivity index (χ2n) is 9.28. The summed E-state index contributed by atoms with van der Waals surface area (Å²) in [6.07, 6.45) is 1.47. The summed E-state index contributed by atoms with van der Waals surface area (Å²) in [7, 11) is -3.73. The molecule has 180 valence electrons. The van der Waals surface area contributed by atoms with Gasteiger partial charge >= 0.3 is 0 Å². The van der Waals surface area contributed by atoms with E-state index in [1.165, 1.54) is 4.90 Å². The molecule has 0 heterocycles. The maximum atomic E-state index is 13.6. The molecule has 8 heteroatoms. The highest BCUT2D eigenvalue weighted by atomic mass is 32.2. The van der Waals surface area contributed by atoms with Gasteiger partial charge in [-0.1, -0.05) is 49.4 Å². The van der Waals surface area contributed by atoms with Crippen LogP contribution in [-0.4, -0.2) is 49.5 Å². The molecule has 0 aliphatic rings. The molecule has 2 aromatic carbocycles. The lowest BCUT2D eigenvalue weighted by atomic mass is 10.1. The normalized spacial score (nSPS) is 12.7. The lowest BCUT2D eigenvalue weighted by Gasteiger charge is -2.34. The van der Waals surface area contributed by atoms with Crippen molar-refractivity contribution in [3.63, 3.8) is 0 Å². The molecule has 0 saturated heterocycles. The number of carbonyl (C=O) groups is 2. The standard InChI is InChI=1S/C25H35N3O4S/c1-7-22(24(30)26-25(3,4)5)27(17-20-13-9-8-10-14-20)23(29)18-28(33(6,31)32)21-15-11-12-19(2)16-21/h8-16,22H,7,17-18H2,1-6H3,(H,26,30)/t22-/m0/s1. The molecule has 1 N–H and O–H groups in total. The van der Waals surface area contributed by atoms with Crippen LogP contribution in [0.3, 0.4) is 0 Å². The average Bonchev–Trinajstić information content (AvgIpc) is 2.70. The molecule has 0 aliphatic carbocycles. The van der Waals surface area contributed by atoms with E-state index < -0.39 is 34.1 Å². The number of anilines is 1. The van der Waals surface area contributed by atoms with Crippen LogP contribution >= 0.6 is 0 Å². The third kappa shape index (κ3) is 7.89. The second kappa shape index (κ2) is 10.8. The van der Waals surface area contributed by atoms with E-state index in [0.717, 1.165) is 21.7 Å². The third-order valence-electron chi connectivity index (χ3n) is 5.05. The van der Waals surface area contributed by atoms with Crippen molar-refractivity contribution in [2.45, 2.75) is 59.2 Å². The average molecular weight is 474 g/mol. The minimum atomic E-state index is -3.73. The molecule has 0 aromatic heterocycles. The first-order valence-corrected chi connectivity index (χ1v) is 12.9. The Morgan fingerprint density at radius 1 is 1.03 bits per heavy atom. The molecule has 0 spiro atoms. The van der Waals surface area contributed by atoms with Gasteiger partial charge in [-0.15, -0.1) is 0 Å². The van der Waals surface area contributed by atoms with Crippen LogP contribution < -0.4 is 9.62 Å². The van der Waals surface area contributed by atoms with Crippen LogP contribution in [0.5, 0.6) is 0 Å². The maximum Gasteiger partial charge on any atom is 0.244 e. The van der Waals surface area contributed by atoms with Crippen molar-refractivity contribution >= 4 is 27.5 Å². The summed E-state index contributed by atoms with van der Waals surface area (Å²) >= 11 is 0. The maximum absolute atomic E-state index is 13.6. The van der Waals surface area contributed by atoms with Crippen molar-refractivity contribution in [1.82, 2.24) is 10.2 Å². The van der Waals surface area contributed by atoms with E-state index in [2.05, 4.69) is 5.32 Å². The molecule has 0 fully saturated rings. The quantitative estimate of drug-likeness (QED) is 0.604. The van der Waals surface area contributed by atoms with E-state index in [-0.39, 0.29) is 12.5 Å². The van der Waals surface area contributed by atoms with Gasteiger partial charge in [0.1, 0.15) is 12.6 Å². The molecule has 7 nitrogen and oxygen atoms in total. The highest BCUT2D eigenvalue weighted by Gasteiger charge is 2.33. The highest BCUT2D eigenvalue weighted by Crippen LogP contribution is 2.21. The minimum Gasteiger partial charge on any atom is -0.350 e. The summed E-state index contributed by atoms with van der Waals surface area (Å²) in [4.78, 5) is 28.1. The van der Waals surface area contributed by atoms with Gasteiger partial charge in [-0.25, -0.2) is 8.42 Å². The number of rotatable bonds is 9. The first-order valence-electron chi connectivity index (χ1n) is 11.0. The van der Waals surface area contributed by atoms with Crippen LogP contribution in [0, 0.1) is 6.92 Å². The Bertz CT molecular complexity index is 1060. The highest BCUT2D eigenvalue weighted by molar-refractivity contribution is 7.92. The molecule has 2 aromatic rings. The van der Waals surface area contributed by atoms with E-state index in [9.17, 15) is 18.0 Å². The van der Waals surface area contributed by atoms with E-state index in [1.807, 2.05) is 71.0 Å². The van der Waals surface area contributed by atoms with Gasteiger partial charge in [-0.3, -0.25) is 13.9 Å². The molecule has 0 bridgehead atoms. The lowest BCUT2D eigenvalue weighted by Crippen LogP contribution is -2.55. The smallest absolute Gasteiger partial charge is 0.244 e. The first kappa shape index (κ1) is 26.4. The van der Waals surface area contributed by atoms with Crippen LogP contribution in [0.1, 0.15) is 45.2 Å². The Morgan fingerprint density at radius 3 is 2.18 bits per heavy atom. The van der Waals surface area contributed by atoms with Crippen molar-refractivity contribution in [2.75, 3.05) is 17.1 Å². The molecule has 33 heavy (non-hydrogen) atoms.